The first kappa shape index (κ1) is 19.9. The largest absolute Gasteiger partial charge is 0.274 e. The molecule has 0 saturated heterocycles. The lowest BCUT2D eigenvalue weighted by molar-refractivity contribution is -2.00. The Labute approximate surface area is 111 Å². The Hall–Kier alpha value is -0.400. The number of halogens is 1. The van der Waals surface area contributed by atoms with Crippen LogP contribution in [0.15, 0.2) is 0 Å². The molecule has 7 heteroatoms. The van der Waals surface area contributed by atoms with Gasteiger partial charge in [0, 0.05) is 6.42 Å². The highest BCUT2D eigenvalue weighted by Gasteiger charge is 2.20. The Kier molecular flexibility index (Phi) is 8.03. The maximum Gasteiger partial charge on any atom is 0.243 e. The van der Waals surface area contributed by atoms with Gasteiger partial charge in [-0.3, -0.25) is 10.3 Å². The highest BCUT2D eigenvalue weighted by molar-refractivity contribution is 5.76. The first-order valence-corrected chi connectivity index (χ1v) is 6.91. The van der Waals surface area contributed by atoms with Crippen LogP contribution < -0.4 is 28.9 Å². The van der Waals surface area contributed by atoms with Gasteiger partial charge in [-0.25, -0.2) is 18.6 Å². The fraction of sp³-hybridized carbons (Fsp3) is 0.909. The normalized spacial score (nSPS) is 13.8. The molecule has 0 heterocycles. The average Bonchev–Trinajstić information content (AvgIpc) is 1.93. The van der Waals surface area contributed by atoms with Crippen molar-refractivity contribution in [2.45, 2.75) is 66.0 Å². The molecule has 0 aromatic carbocycles. The molecule has 0 unspecified atom stereocenters. The van der Waals surface area contributed by atoms with Gasteiger partial charge in [-0.15, -0.1) is 10.2 Å². The summed E-state index contributed by atoms with van der Waals surface area (Å²) in [4.78, 5) is 3.47. The molecule has 0 aromatic rings. The monoisotopic (exact) mass is 284 g/mol. The van der Waals surface area contributed by atoms with E-state index in [1.807, 2.05) is 0 Å². The van der Waals surface area contributed by atoms with Crippen LogP contribution in [0, 0.1) is 10.2 Å². The van der Waals surface area contributed by atoms with Gasteiger partial charge in [-0.2, -0.15) is 0 Å². The maximum atomic E-state index is 8.49. The number of nitrogens with one attached hydrogen (secondary N) is 2. The van der Waals surface area contributed by atoms with E-state index in [-0.39, 0.29) is 11.1 Å². The fourth-order valence-electron chi connectivity index (χ4n) is 1.11. The Morgan fingerprint density at radius 1 is 1.00 bits per heavy atom. The average molecular weight is 285 g/mol. The van der Waals surface area contributed by atoms with Gasteiger partial charge >= 0.3 is 0 Å². The molecule has 0 aromatic heterocycles. The molecule has 18 heavy (non-hydrogen) atoms. The van der Waals surface area contributed by atoms with Crippen molar-refractivity contribution in [3.63, 3.8) is 0 Å². The van der Waals surface area contributed by atoms with E-state index in [1.54, 1.807) is 0 Å². The van der Waals surface area contributed by atoms with E-state index in [2.05, 4.69) is 58.8 Å². The molecule has 6 nitrogen and oxygen atoms in total. The van der Waals surface area contributed by atoms with Crippen molar-refractivity contribution in [1.82, 2.24) is 5.32 Å². The second-order valence-electron chi connectivity index (χ2n) is 5.96. The van der Waals surface area contributed by atoms with E-state index in [9.17, 15) is 0 Å². The molecule has 0 rings (SSSR count). The zero-order valence-corrected chi connectivity index (χ0v) is 13.0. The van der Waals surface area contributed by atoms with Gasteiger partial charge in [0.15, 0.2) is 0 Å². The van der Waals surface area contributed by atoms with Gasteiger partial charge in [0.05, 0.1) is 11.1 Å². The molecule has 2 N–H and O–H groups in total. The summed E-state index contributed by atoms with van der Waals surface area (Å²) < 4.78 is 34.0. The van der Waals surface area contributed by atoms with Gasteiger partial charge < -0.3 is 0 Å². The van der Waals surface area contributed by atoms with Crippen molar-refractivity contribution < 1.29 is 33.9 Å². The van der Waals surface area contributed by atoms with Crippen molar-refractivity contribution in [1.29, 1.82) is 0 Å². The molecule has 0 spiro atoms. The van der Waals surface area contributed by atoms with Crippen molar-refractivity contribution in [2.75, 3.05) is 0 Å². The van der Waals surface area contributed by atoms with Crippen LogP contribution >= 0.6 is 0 Å². The molecule has 0 radical (unpaired) electrons. The number of hydrogen-bond donors (Lipinski definition) is 2. The minimum absolute atomic E-state index is 0.142. The highest BCUT2D eigenvalue weighted by atomic mass is 35.7. The molecule has 0 saturated carbocycles. The predicted molar refractivity (Wildman–Crippen MR) is 58.9 cm³/mol. The standard InChI is InChI=1S/C11H24N2.ClHO4/c1-8-9(12-10(2,3)4)13-11(5,6)7;2-1(3,4)5/h8H2,1-7H3,(H,12,13);(H,2,3,4,5). The maximum absolute atomic E-state index is 8.49. The SMILES string of the molecule is CCC(NC(C)(C)C)=[NH+]C(C)(C)C.[O-][Cl+3]([O-])([O-])[O-]. The van der Waals surface area contributed by atoms with Gasteiger partial charge in [-0.05, 0) is 41.5 Å². The summed E-state index contributed by atoms with van der Waals surface area (Å²) in [7, 11) is -4.94. The Morgan fingerprint density at radius 3 is 1.50 bits per heavy atom. The third-order valence-electron chi connectivity index (χ3n) is 1.41. The summed E-state index contributed by atoms with van der Waals surface area (Å²) in [6.07, 6.45) is 1.02. The fourth-order valence-corrected chi connectivity index (χ4v) is 1.11. The third-order valence-corrected chi connectivity index (χ3v) is 1.41. The summed E-state index contributed by atoms with van der Waals surface area (Å²) in [6.45, 7) is 15.2. The van der Waals surface area contributed by atoms with Crippen molar-refractivity contribution >= 4 is 5.84 Å². The summed E-state index contributed by atoms with van der Waals surface area (Å²) in [6, 6.07) is 0. The van der Waals surface area contributed by atoms with Crippen LogP contribution in [0.2, 0.25) is 0 Å². The van der Waals surface area contributed by atoms with Crippen molar-refractivity contribution in [3.05, 3.63) is 0 Å². The van der Waals surface area contributed by atoms with E-state index >= 15 is 0 Å². The Bertz CT molecular complexity index is 256. The van der Waals surface area contributed by atoms with Crippen molar-refractivity contribution in [2.24, 2.45) is 0 Å². The minimum Gasteiger partial charge on any atom is -0.274 e. The smallest absolute Gasteiger partial charge is 0.243 e. The van der Waals surface area contributed by atoms with E-state index in [0.717, 1.165) is 6.42 Å². The molecule has 0 fully saturated rings. The second kappa shape index (κ2) is 7.25. The molecule has 0 amide bonds. The number of hydrogen-bond acceptors (Lipinski definition) is 4. The molecule has 0 aliphatic carbocycles. The van der Waals surface area contributed by atoms with E-state index in [1.165, 1.54) is 5.84 Å². The van der Waals surface area contributed by atoms with Gasteiger partial charge in [0.1, 0.15) is 0 Å². The van der Waals surface area contributed by atoms with Gasteiger partial charge in [-0.1, -0.05) is 6.92 Å². The first-order chi connectivity index (χ1) is 7.64. The predicted octanol–water partition coefficient (Wildman–Crippen LogP) is -3.69. The van der Waals surface area contributed by atoms with E-state index in [0.29, 0.717) is 0 Å². The summed E-state index contributed by atoms with van der Waals surface area (Å²) >= 11 is 0. The molecular formula is C11H25ClN2O4. The van der Waals surface area contributed by atoms with Crippen LogP contribution in [0.1, 0.15) is 54.9 Å². The quantitative estimate of drug-likeness (QED) is 0.380. The molecule has 0 aliphatic rings. The number of amidine groups is 1. The second-order valence-corrected chi connectivity index (χ2v) is 6.72. The van der Waals surface area contributed by atoms with Gasteiger partial charge in [0.2, 0.25) is 5.84 Å². The van der Waals surface area contributed by atoms with Crippen LogP contribution in [0.5, 0.6) is 0 Å². The lowest BCUT2D eigenvalue weighted by atomic mass is 10.1. The third kappa shape index (κ3) is 24.7. The molecule has 0 bridgehead atoms. The van der Waals surface area contributed by atoms with Crippen LogP contribution in [0.3, 0.4) is 0 Å². The Balaban J connectivity index is 0. The van der Waals surface area contributed by atoms with Crippen LogP contribution in [0.4, 0.5) is 0 Å². The molecule has 0 aliphatic heterocycles. The summed E-state index contributed by atoms with van der Waals surface area (Å²) in [5, 5.41) is 3.47. The summed E-state index contributed by atoms with van der Waals surface area (Å²) in [5.41, 5.74) is 0.285. The zero-order valence-electron chi connectivity index (χ0n) is 12.2. The van der Waals surface area contributed by atoms with Crippen LogP contribution in [-0.2, 0) is 0 Å². The van der Waals surface area contributed by atoms with Crippen LogP contribution in [0.25, 0.3) is 0 Å². The number of rotatable bonds is 1. The highest BCUT2D eigenvalue weighted by Crippen LogP contribution is 1.98. The molecular weight excluding hydrogens is 260 g/mol. The van der Waals surface area contributed by atoms with E-state index < -0.39 is 10.2 Å². The molecule has 110 valence electrons. The lowest BCUT2D eigenvalue weighted by Crippen LogP contribution is -2.87. The minimum atomic E-state index is -4.94. The Morgan fingerprint density at radius 2 is 1.33 bits per heavy atom. The topological polar surface area (TPSA) is 118 Å². The summed E-state index contributed by atoms with van der Waals surface area (Å²) in [5.74, 6) is 1.22. The van der Waals surface area contributed by atoms with Gasteiger partial charge in [0.25, 0.3) is 0 Å². The zero-order chi connectivity index (χ0) is 15.2. The van der Waals surface area contributed by atoms with Crippen LogP contribution in [-0.4, -0.2) is 16.9 Å². The van der Waals surface area contributed by atoms with Crippen molar-refractivity contribution in [3.8, 4) is 0 Å². The lowest BCUT2D eigenvalue weighted by Gasteiger charge is -2.19. The molecule has 0 atom stereocenters. The first-order valence-electron chi connectivity index (χ1n) is 5.68. The van der Waals surface area contributed by atoms with E-state index in [4.69, 9.17) is 18.6 Å².